The van der Waals surface area contributed by atoms with Crippen LogP contribution in [0.1, 0.15) is 74.7 Å². The fourth-order valence-corrected chi connectivity index (χ4v) is 7.15. The number of carbonyl (C=O) groups is 2. The number of anilines is 1. The minimum Gasteiger partial charge on any atom is -0.492 e. The zero-order valence-electron chi connectivity index (χ0n) is 24.8. The molecule has 2 aromatic rings. The molecule has 2 saturated carbocycles. The Balaban J connectivity index is 1.40. The number of benzene rings is 1. The standard InChI is InChI=1S/C29H37FN4O8P2/c1-17-14-32(12-11-31-17)24-22(30)13-20-23(26(24)40-2)33(18-9-10-18)15-21(25(20)35)27(36)41-16-42-28(37)34(29(43-38)44-39)19-7-5-3-4-6-8-19/h13,15,17-19,29,31H,3-12,14,16H2,1-2H3. The van der Waals surface area contributed by atoms with Crippen LogP contribution in [0.2, 0.25) is 0 Å². The molecule has 1 aromatic heterocycles. The molecule has 0 spiro atoms. The molecule has 1 aromatic carbocycles. The quantitative estimate of drug-likeness (QED) is 0.154. The van der Waals surface area contributed by atoms with Crippen molar-refractivity contribution in [1.29, 1.82) is 0 Å². The Hall–Kier alpha value is -3.14. The van der Waals surface area contributed by atoms with E-state index < -0.39 is 52.5 Å². The summed E-state index contributed by atoms with van der Waals surface area (Å²) in [4.78, 5) is 42.8. The fourth-order valence-electron chi connectivity index (χ4n) is 6.23. The summed E-state index contributed by atoms with van der Waals surface area (Å²) in [6.07, 6.45) is 7.10. The molecule has 0 bridgehead atoms. The van der Waals surface area contributed by atoms with Gasteiger partial charge in [0.25, 0.3) is 0 Å². The van der Waals surface area contributed by atoms with Crippen molar-refractivity contribution in [2.75, 3.05) is 38.4 Å². The van der Waals surface area contributed by atoms with Gasteiger partial charge in [0.2, 0.25) is 12.2 Å². The van der Waals surface area contributed by atoms with E-state index >= 15 is 4.39 Å². The van der Waals surface area contributed by atoms with Crippen LogP contribution in [0.4, 0.5) is 14.9 Å². The van der Waals surface area contributed by atoms with E-state index in [1.165, 1.54) is 18.2 Å². The molecule has 1 N–H and O–H groups in total. The molecule has 0 radical (unpaired) electrons. The molecule has 1 atom stereocenters. The fraction of sp³-hybridized carbons (Fsp3) is 0.621. The van der Waals surface area contributed by atoms with Gasteiger partial charge in [0, 0.05) is 44.0 Å². The monoisotopic (exact) mass is 650 g/mol. The van der Waals surface area contributed by atoms with Crippen molar-refractivity contribution < 1.29 is 37.3 Å². The average Bonchev–Trinajstić information content (AvgIpc) is 3.88. The van der Waals surface area contributed by atoms with Gasteiger partial charge in [0.1, 0.15) is 11.3 Å². The van der Waals surface area contributed by atoms with E-state index in [1.807, 2.05) is 11.8 Å². The minimum absolute atomic E-state index is 0.0146. The number of methoxy groups -OCH3 is 1. The van der Waals surface area contributed by atoms with Crippen molar-refractivity contribution in [3.63, 3.8) is 0 Å². The second-order valence-electron chi connectivity index (χ2n) is 11.5. The Morgan fingerprint density at radius 1 is 1.11 bits per heavy atom. The van der Waals surface area contributed by atoms with Gasteiger partial charge in [-0.25, -0.2) is 14.0 Å². The number of piperazine rings is 1. The van der Waals surface area contributed by atoms with Crippen LogP contribution in [0, 0.1) is 5.82 Å². The topological polar surface area (TPSA) is 136 Å². The summed E-state index contributed by atoms with van der Waals surface area (Å²) in [6, 6.07) is 0.941. The molecule has 1 unspecified atom stereocenters. The molecule has 1 saturated heterocycles. The lowest BCUT2D eigenvalue weighted by Crippen LogP contribution is -2.49. The Kier molecular flexibility index (Phi) is 10.5. The first-order chi connectivity index (χ1) is 21.3. The molecule has 3 fully saturated rings. The van der Waals surface area contributed by atoms with Gasteiger partial charge in [-0.1, -0.05) is 25.7 Å². The number of rotatable bonds is 10. The minimum atomic E-state index is -1.13. The third-order valence-corrected chi connectivity index (χ3v) is 9.93. The third-order valence-electron chi connectivity index (χ3n) is 8.49. The summed E-state index contributed by atoms with van der Waals surface area (Å²) in [6.45, 7) is 2.96. The van der Waals surface area contributed by atoms with E-state index in [9.17, 15) is 23.5 Å². The van der Waals surface area contributed by atoms with Crippen molar-refractivity contribution >= 4 is 45.6 Å². The molecular formula is C29H37FN4O8P2. The Morgan fingerprint density at radius 2 is 1.82 bits per heavy atom. The third kappa shape index (κ3) is 6.75. The lowest BCUT2D eigenvalue weighted by molar-refractivity contribution is -0.0154. The number of esters is 1. The molecule has 5 rings (SSSR count). The van der Waals surface area contributed by atoms with Crippen LogP contribution in [0.3, 0.4) is 0 Å². The smallest absolute Gasteiger partial charge is 0.414 e. The number of carbonyl (C=O) groups excluding carboxylic acids is 2. The van der Waals surface area contributed by atoms with Crippen LogP contribution in [0.25, 0.3) is 10.9 Å². The van der Waals surface area contributed by atoms with Crippen LogP contribution >= 0.6 is 16.9 Å². The molecule has 44 heavy (non-hydrogen) atoms. The highest BCUT2D eigenvalue weighted by Crippen LogP contribution is 2.44. The maximum Gasteiger partial charge on any atom is 0.414 e. The second-order valence-corrected chi connectivity index (χ2v) is 13.3. The Labute approximate surface area is 257 Å². The van der Waals surface area contributed by atoms with Crippen molar-refractivity contribution in [2.45, 2.75) is 81.9 Å². The van der Waals surface area contributed by atoms with Crippen molar-refractivity contribution in [1.82, 2.24) is 14.8 Å². The number of amides is 1. The van der Waals surface area contributed by atoms with Gasteiger partial charge in [-0.15, -0.1) is 0 Å². The number of halogens is 1. The number of pyridine rings is 1. The largest absolute Gasteiger partial charge is 0.492 e. The highest BCUT2D eigenvalue weighted by atomic mass is 31.1. The van der Waals surface area contributed by atoms with Gasteiger partial charge in [0.05, 0.1) is 18.0 Å². The molecule has 2 heterocycles. The predicted molar refractivity (Wildman–Crippen MR) is 162 cm³/mol. The normalized spacial score (nSPS) is 20.3. The summed E-state index contributed by atoms with van der Waals surface area (Å²) in [5.41, 5.74) is -1.52. The Morgan fingerprint density at radius 3 is 2.43 bits per heavy atom. The van der Waals surface area contributed by atoms with Gasteiger partial charge < -0.3 is 29.0 Å². The zero-order chi connectivity index (χ0) is 31.4. The van der Waals surface area contributed by atoms with E-state index in [-0.39, 0.29) is 40.5 Å². The first-order valence-corrected chi connectivity index (χ1v) is 16.8. The molecular weight excluding hydrogens is 613 g/mol. The number of nitrogens with one attached hydrogen (secondary N) is 1. The summed E-state index contributed by atoms with van der Waals surface area (Å²) in [7, 11) is 0.416. The summed E-state index contributed by atoms with van der Waals surface area (Å²) >= 11 is 0. The second kappa shape index (κ2) is 14.3. The van der Waals surface area contributed by atoms with Gasteiger partial charge in [-0.2, -0.15) is 0 Å². The van der Waals surface area contributed by atoms with Crippen LogP contribution in [0.15, 0.2) is 17.1 Å². The molecule has 2 aliphatic carbocycles. The van der Waals surface area contributed by atoms with E-state index in [1.54, 1.807) is 4.57 Å². The van der Waals surface area contributed by atoms with E-state index in [4.69, 9.17) is 14.2 Å². The van der Waals surface area contributed by atoms with Gasteiger partial charge in [-0.05, 0) is 38.7 Å². The maximum absolute atomic E-state index is 15.7. The first kappa shape index (κ1) is 32.3. The number of hydrogen-bond acceptors (Lipinski definition) is 10. The Bertz CT molecular complexity index is 1470. The highest BCUT2D eigenvalue weighted by molar-refractivity contribution is 7.44. The van der Waals surface area contributed by atoms with Crippen LogP contribution in [0.5, 0.6) is 5.75 Å². The van der Waals surface area contributed by atoms with Crippen molar-refractivity contribution in [2.24, 2.45) is 0 Å². The number of ether oxygens (including phenoxy) is 3. The summed E-state index contributed by atoms with van der Waals surface area (Å²) in [5.74, 6) is -1.44. The molecule has 15 heteroatoms. The lowest BCUT2D eigenvalue weighted by Gasteiger charge is -2.35. The number of fused-ring (bicyclic) bond motifs is 1. The van der Waals surface area contributed by atoms with E-state index in [0.29, 0.717) is 38.0 Å². The SMILES string of the molecule is COc1c(N2CCNC(C)C2)c(F)cc2c(=O)c(C(=O)OCOC(=O)N(C3CCCCCC3)C(P=O)P=O)cn(C3CC3)c12. The molecule has 1 amide bonds. The molecule has 1 aliphatic heterocycles. The van der Waals surface area contributed by atoms with Crippen LogP contribution in [-0.2, 0) is 18.6 Å². The molecule has 238 valence electrons. The number of nitrogens with zero attached hydrogens (tertiary/aromatic N) is 3. The predicted octanol–water partition coefficient (Wildman–Crippen LogP) is 5.42. The van der Waals surface area contributed by atoms with Crippen LogP contribution < -0.4 is 20.4 Å². The molecule has 3 aliphatic rings. The summed E-state index contributed by atoms with van der Waals surface area (Å²) in [5, 5.41) is 3.31. The average molecular weight is 651 g/mol. The van der Waals surface area contributed by atoms with Crippen LogP contribution in [-0.4, -0.2) is 72.7 Å². The summed E-state index contributed by atoms with van der Waals surface area (Å²) < 4.78 is 56.9. The van der Waals surface area contributed by atoms with E-state index in [2.05, 4.69) is 5.32 Å². The first-order valence-electron chi connectivity index (χ1n) is 15.0. The van der Waals surface area contributed by atoms with Gasteiger partial charge >= 0.3 is 12.1 Å². The van der Waals surface area contributed by atoms with Gasteiger partial charge in [0.15, 0.2) is 34.0 Å². The zero-order valence-corrected chi connectivity index (χ0v) is 26.6. The molecule has 12 nitrogen and oxygen atoms in total. The highest BCUT2D eigenvalue weighted by Gasteiger charge is 2.35. The lowest BCUT2D eigenvalue weighted by atomic mass is 10.1. The number of hydrogen-bond donors (Lipinski definition) is 1. The van der Waals surface area contributed by atoms with E-state index in [0.717, 1.165) is 44.6 Å². The maximum atomic E-state index is 15.7. The van der Waals surface area contributed by atoms with Gasteiger partial charge in [-0.3, -0.25) is 18.8 Å². The number of aromatic nitrogens is 1. The van der Waals surface area contributed by atoms with Crippen molar-refractivity contribution in [3.05, 3.63) is 33.9 Å². The van der Waals surface area contributed by atoms with Crippen molar-refractivity contribution in [3.8, 4) is 5.75 Å².